The van der Waals surface area contributed by atoms with E-state index in [0.717, 1.165) is 82.6 Å². The van der Waals surface area contributed by atoms with Crippen LogP contribution in [0.4, 0.5) is 0 Å². The number of pyridine rings is 1. The summed E-state index contributed by atoms with van der Waals surface area (Å²) in [4.78, 5) is 10.6. The van der Waals surface area contributed by atoms with Crippen LogP contribution in [0.25, 0.3) is 121 Å². The summed E-state index contributed by atoms with van der Waals surface area (Å²) in [6.07, 6.45) is 0. The Kier molecular flexibility index (Phi) is 6.93. The smallest absolute Gasteiger partial charge is 0.227 e. The van der Waals surface area contributed by atoms with Crippen LogP contribution in [0, 0.1) is 0 Å². The number of rotatable bonds is 4. The minimum atomic E-state index is 0.616. The van der Waals surface area contributed by atoms with E-state index >= 15 is 0 Å². The molecule has 0 spiro atoms. The second-order valence-electron chi connectivity index (χ2n) is 14.9. The van der Waals surface area contributed by atoms with Crippen LogP contribution in [-0.4, -0.2) is 9.97 Å². The van der Waals surface area contributed by atoms with Gasteiger partial charge in [-0.2, -0.15) is 0 Å². The zero-order valence-corrected chi connectivity index (χ0v) is 30.8. The largest absolute Gasteiger partial charge is 0.435 e. The number of hydrogen-bond acceptors (Lipinski definition) is 3. The SMILES string of the molecule is c1ccc2cc(-c3cc(-c4ccc5ccccc5c4)c4cc(-c5ccc(-c6nc7c8ccccc8c8ccccc8c7o6)cc5)c5ccccc5c4n3)ccc2c1. The first-order valence-corrected chi connectivity index (χ1v) is 19.4. The van der Waals surface area contributed by atoms with Gasteiger partial charge in [0.2, 0.25) is 5.89 Å². The van der Waals surface area contributed by atoms with Gasteiger partial charge in [-0.25, -0.2) is 9.97 Å². The summed E-state index contributed by atoms with van der Waals surface area (Å²) in [5.74, 6) is 0.616. The maximum atomic E-state index is 6.60. The lowest BCUT2D eigenvalue weighted by atomic mass is 9.90. The van der Waals surface area contributed by atoms with Crippen LogP contribution >= 0.6 is 0 Å². The van der Waals surface area contributed by atoms with Crippen molar-refractivity contribution in [2.75, 3.05) is 0 Å². The molecule has 2 aromatic heterocycles. The van der Waals surface area contributed by atoms with E-state index in [1.165, 1.54) is 32.3 Å². The maximum absolute atomic E-state index is 6.60. The predicted octanol–water partition coefficient (Wildman–Crippen LogP) is 14.8. The number of hydrogen-bond donors (Lipinski definition) is 0. The molecule has 0 aliphatic carbocycles. The summed E-state index contributed by atoms with van der Waals surface area (Å²) in [5.41, 5.74) is 10.3. The Hall–Kier alpha value is -7.62. The lowest BCUT2D eigenvalue weighted by Crippen LogP contribution is -1.93. The van der Waals surface area contributed by atoms with Crippen molar-refractivity contribution in [1.29, 1.82) is 0 Å². The molecule has 0 aliphatic heterocycles. The molecule has 0 fully saturated rings. The van der Waals surface area contributed by atoms with Crippen LogP contribution < -0.4 is 0 Å². The molecule has 3 nitrogen and oxygen atoms in total. The first kappa shape index (κ1) is 31.7. The molecule has 3 heteroatoms. The fourth-order valence-electron chi connectivity index (χ4n) is 8.83. The van der Waals surface area contributed by atoms with E-state index in [0.29, 0.717) is 5.89 Å². The number of fused-ring (bicyclic) bond motifs is 11. The molecule has 0 unspecified atom stereocenters. The highest BCUT2D eigenvalue weighted by atomic mass is 16.3. The molecule has 12 aromatic rings. The summed E-state index contributed by atoms with van der Waals surface area (Å²) in [7, 11) is 0. The van der Waals surface area contributed by atoms with Gasteiger partial charge in [0, 0.05) is 32.7 Å². The molecular formula is C54H32N2O. The maximum Gasteiger partial charge on any atom is 0.227 e. The molecule has 2 heterocycles. The molecule has 10 aromatic carbocycles. The summed E-state index contributed by atoms with van der Waals surface area (Å²) >= 11 is 0. The van der Waals surface area contributed by atoms with Gasteiger partial charge in [-0.3, -0.25) is 0 Å². The molecule has 0 radical (unpaired) electrons. The highest BCUT2D eigenvalue weighted by molar-refractivity contribution is 6.23. The van der Waals surface area contributed by atoms with Crippen molar-refractivity contribution in [2.45, 2.75) is 0 Å². The summed E-state index contributed by atoms with van der Waals surface area (Å²) < 4.78 is 6.60. The molecule has 0 N–H and O–H groups in total. The normalized spacial score (nSPS) is 11.9. The molecule has 0 atom stereocenters. The summed E-state index contributed by atoms with van der Waals surface area (Å²) in [6, 6.07) is 69.3. The van der Waals surface area contributed by atoms with Crippen LogP contribution in [0.1, 0.15) is 0 Å². The average molecular weight is 725 g/mol. The number of aromatic nitrogens is 2. The van der Waals surface area contributed by atoms with Crippen molar-refractivity contribution < 1.29 is 4.42 Å². The van der Waals surface area contributed by atoms with Gasteiger partial charge in [0.15, 0.2) is 5.58 Å². The van der Waals surface area contributed by atoms with E-state index < -0.39 is 0 Å². The predicted molar refractivity (Wildman–Crippen MR) is 239 cm³/mol. The summed E-state index contributed by atoms with van der Waals surface area (Å²) in [6.45, 7) is 0. The van der Waals surface area contributed by atoms with Gasteiger partial charge in [0.05, 0.1) is 11.2 Å². The van der Waals surface area contributed by atoms with Crippen molar-refractivity contribution in [3.05, 3.63) is 194 Å². The number of nitrogens with zero attached hydrogens (tertiary/aromatic N) is 2. The van der Waals surface area contributed by atoms with Gasteiger partial charge in [-0.1, -0.05) is 158 Å². The van der Waals surface area contributed by atoms with Crippen molar-refractivity contribution in [1.82, 2.24) is 9.97 Å². The van der Waals surface area contributed by atoms with Gasteiger partial charge < -0.3 is 4.42 Å². The fourth-order valence-corrected chi connectivity index (χ4v) is 8.83. The second-order valence-corrected chi connectivity index (χ2v) is 14.9. The Bertz CT molecular complexity index is 3510. The van der Waals surface area contributed by atoms with Crippen LogP contribution in [0.5, 0.6) is 0 Å². The van der Waals surface area contributed by atoms with Gasteiger partial charge in [-0.15, -0.1) is 0 Å². The zero-order valence-electron chi connectivity index (χ0n) is 30.8. The van der Waals surface area contributed by atoms with Gasteiger partial charge in [0.25, 0.3) is 0 Å². The molecule has 12 rings (SSSR count). The zero-order chi connectivity index (χ0) is 37.5. The Balaban J connectivity index is 1.05. The molecule has 0 amide bonds. The van der Waals surface area contributed by atoms with Crippen molar-refractivity contribution >= 4 is 75.9 Å². The van der Waals surface area contributed by atoms with Crippen LogP contribution in [0.3, 0.4) is 0 Å². The molecule has 57 heavy (non-hydrogen) atoms. The van der Waals surface area contributed by atoms with E-state index in [1.807, 2.05) is 0 Å². The first-order valence-electron chi connectivity index (χ1n) is 19.4. The van der Waals surface area contributed by atoms with Crippen LogP contribution in [-0.2, 0) is 0 Å². The standard InChI is InChI=1S/C54H32N2O/c1-3-13-37-29-39(27-21-33(37)11-1)48-32-50(40-28-22-34-12-2-4-14-38(34)30-40)55-51-44-18-8-6-17-43(44)47(31-49(48)51)35-23-25-36(26-24-35)54-56-52-45-19-9-5-15-41(45)42-16-7-10-20-46(42)53(52)57-54/h1-32H. The summed E-state index contributed by atoms with van der Waals surface area (Å²) in [5, 5.41) is 12.8. The van der Waals surface area contributed by atoms with Crippen molar-refractivity contribution in [3.8, 4) is 45.0 Å². The van der Waals surface area contributed by atoms with Gasteiger partial charge >= 0.3 is 0 Å². The lowest BCUT2D eigenvalue weighted by molar-refractivity contribution is 0.623. The van der Waals surface area contributed by atoms with E-state index in [2.05, 4.69) is 194 Å². The number of oxazole rings is 1. The van der Waals surface area contributed by atoms with E-state index in [-0.39, 0.29) is 0 Å². The lowest BCUT2D eigenvalue weighted by Gasteiger charge is -2.16. The highest BCUT2D eigenvalue weighted by Crippen LogP contribution is 2.42. The Morgan fingerprint density at radius 1 is 0.298 bits per heavy atom. The minimum absolute atomic E-state index is 0.616. The Morgan fingerprint density at radius 2 is 0.789 bits per heavy atom. The quantitative estimate of drug-likeness (QED) is 0.170. The molecule has 0 bridgehead atoms. The fraction of sp³-hybridized carbons (Fsp3) is 0. The monoisotopic (exact) mass is 724 g/mol. The average Bonchev–Trinajstić information content (AvgIpc) is 3.75. The third-order valence-corrected chi connectivity index (χ3v) is 11.6. The molecule has 0 aliphatic rings. The first-order chi connectivity index (χ1) is 28.2. The van der Waals surface area contributed by atoms with Crippen molar-refractivity contribution in [3.63, 3.8) is 0 Å². The van der Waals surface area contributed by atoms with Crippen molar-refractivity contribution in [2.24, 2.45) is 0 Å². The van der Waals surface area contributed by atoms with Gasteiger partial charge in [0.1, 0.15) is 5.52 Å². The van der Waals surface area contributed by atoms with Gasteiger partial charge in [-0.05, 0) is 96.4 Å². The molecule has 0 saturated carbocycles. The Morgan fingerprint density at radius 3 is 1.49 bits per heavy atom. The third-order valence-electron chi connectivity index (χ3n) is 11.6. The topological polar surface area (TPSA) is 38.9 Å². The molecule has 0 saturated heterocycles. The second kappa shape index (κ2) is 12.5. The number of benzene rings is 10. The van der Waals surface area contributed by atoms with Crippen LogP contribution in [0.2, 0.25) is 0 Å². The highest BCUT2D eigenvalue weighted by Gasteiger charge is 2.19. The van der Waals surface area contributed by atoms with E-state index in [1.54, 1.807) is 0 Å². The van der Waals surface area contributed by atoms with E-state index in [9.17, 15) is 0 Å². The third kappa shape index (κ3) is 5.06. The van der Waals surface area contributed by atoms with E-state index in [4.69, 9.17) is 14.4 Å². The van der Waals surface area contributed by atoms with Crippen LogP contribution in [0.15, 0.2) is 199 Å². The molecule has 264 valence electrons. The Labute approximate surface area is 328 Å². The molecular weight excluding hydrogens is 693 g/mol. The minimum Gasteiger partial charge on any atom is -0.435 e.